The Morgan fingerprint density at radius 1 is 1.00 bits per heavy atom. The summed E-state index contributed by atoms with van der Waals surface area (Å²) in [5.74, 6) is 1.26. The fourth-order valence-corrected chi connectivity index (χ4v) is 4.24. The van der Waals surface area contributed by atoms with Crippen molar-refractivity contribution < 1.29 is 28.5 Å². The standard InChI is InChI=1S/C22H24ClNO7/c1-27-16-9-7-11-13(10-15(16)25)14(24-22(26)31-5)8-6-12-17(11)19(28-2)21(30-4)20(29-3)18(12)23/h7,9-10,14H,6,8H2,1-5H3,(H,24,26)/t14-/m0/s1. The number of rotatable bonds is 5. The van der Waals surface area contributed by atoms with Crippen molar-refractivity contribution in [2.24, 2.45) is 0 Å². The van der Waals surface area contributed by atoms with Gasteiger partial charge in [-0.3, -0.25) is 4.79 Å². The Morgan fingerprint density at radius 2 is 1.68 bits per heavy atom. The Morgan fingerprint density at radius 3 is 2.26 bits per heavy atom. The third-order valence-electron chi connectivity index (χ3n) is 5.28. The fraction of sp³-hybridized carbons (Fsp3) is 0.364. The maximum atomic E-state index is 12.7. The predicted molar refractivity (Wildman–Crippen MR) is 116 cm³/mol. The van der Waals surface area contributed by atoms with Gasteiger partial charge in [-0.25, -0.2) is 4.79 Å². The maximum absolute atomic E-state index is 12.7. The molecule has 1 aliphatic carbocycles. The Kier molecular flexibility index (Phi) is 6.80. The van der Waals surface area contributed by atoms with Crippen molar-refractivity contribution in [2.45, 2.75) is 18.9 Å². The molecule has 0 saturated heterocycles. The van der Waals surface area contributed by atoms with Gasteiger partial charge in [0.2, 0.25) is 11.2 Å². The number of hydrogen-bond donors (Lipinski definition) is 1. The van der Waals surface area contributed by atoms with Crippen molar-refractivity contribution in [3.05, 3.63) is 44.6 Å². The number of carbonyl (C=O) groups excluding carboxylic acids is 1. The first kappa shape index (κ1) is 22.6. The number of methoxy groups -OCH3 is 5. The number of alkyl carbamates (subject to hydrolysis) is 1. The van der Waals surface area contributed by atoms with Crippen LogP contribution < -0.4 is 29.7 Å². The summed E-state index contributed by atoms with van der Waals surface area (Å²) in [6.07, 6.45) is 0.323. The van der Waals surface area contributed by atoms with Crippen LogP contribution >= 0.6 is 11.6 Å². The third-order valence-corrected chi connectivity index (χ3v) is 5.68. The van der Waals surface area contributed by atoms with Crippen molar-refractivity contribution >= 4 is 17.7 Å². The molecule has 0 saturated carbocycles. The average molecular weight is 450 g/mol. The highest BCUT2D eigenvalue weighted by Gasteiger charge is 2.32. The van der Waals surface area contributed by atoms with Crippen LogP contribution in [0.4, 0.5) is 4.79 Å². The summed E-state index contributed by atoms with van der Waals surface area (Å²) in [4.78, 5) is 24.7. The minimum absolute atomic E-state index is 0.164. The van der Waals surface area contributed by atoms with E-state index in [1.165, 1.54) is 41.6 Å². The van der Waals surface area contributed by atoms with Crippen LogP contribution in [0.2, 0.25) is 5.02 Å². The number of fused-ring (bicyclic) bond motifs is 3. The molecule has 2 aromatic carbocycles. The first-order valence-corrected chi connectivity index (χ1v) is 9.86. The Balaban J connectivity index is 2.44. The lowest BCUT2D eigenvalue weighted by Gasteiger charge is -2.21. The van der Waals surface area contributed by atoms with E-state index in [-0.39, 0.29) is 11.2 Å². The van der Waals surface area contributed by atoms with E-state index in [1.54, 1.807) is 12.1 Å². The van der Waals surface area contributed by atoms with E-state index in [0.29, 0.717) is 51.8 Å². The Labute approximate surface area is 185 Å². The smallest absolute Gasteiger partial charge is 0.407 e. The molecule has 0 spiro atoms. The van der Waals surface area contributed by atoms with E-state index in [4.69, 9.17) is 35.3 Å². The maximum Gasteiger partial charge on any atom is 0.407 e. The molecule has 0 heterocycles. The number of nitrogens with one attached hydrogen (secondary N) is 1. The number of amides is 1. The molecule has 0 bridgehead atoms. The topological polar surface area (TPSA) is 92.3 Å². The summed E-state index contributed by atoms with van der Waals surface area (Å²) in [7, 11) is 7.21. The summed E-state index contributed by atoms with van der Waals surface area (Å²) >= 11 is 6.72. The molecular formula is C22H24ClNO7. The predicted octanol–water partition coefficient (Wildman–Crippen LogP) is 3.74. The Hall–Kier alpha value is -3.13. The molecule has 1 amide bonds. The van der Waals surface area contributed by atoms with E-state index < -0.39 is 12.1 Å². The summed E-state index contributed by atoms with van der Waals surface area (Å²) in [6, 6.07) is 4.26. The van der Waals surface area contributed by atoms with Crippen LogP contribution in [-0.2, 0) is 11.2 Å². The number of benzene rings is 1. The van der Waals surface area contributed by atoms with E-state index >= 15 is 0 Å². The molecule has 0 aliphatic heterocycles. The minimum atomic E-state index is -0.610. The van der Waals surface area contributed by atoms with Gasteiger partial charge in [-0.05, 0) is 41.7 Å². The van der Waals surface area contributed by atoms with Crippen molar-refractivity contribution in [3.8, 4) is 34.1 Å². The number of carbonyl (C=O) groups is 1. The van der Waals surface area contributed by atoms with Crippen LogP contribution in [0.25, 0.3) is 11.1 Å². The number of ether oxygens (including phenoxy) is 5. The molecule has 0 aromatic heterocycles. The van der Waals surface area contributed by atoms with Gasteiger partial charge in [0.1, 0.15) is 0 Å². The van der Waals surface area contributed by atoms with E-state index in [0.717, 1.165) is 5.56 Å². The zero-order valence-electron chi connectivity index (χ0n) is 18.0. The van der Waals surface area contributed by atoms with Gasteiger partial charge in [0.25, 0.3) is 0 Å². The van der Waals surface area contributed by atoms with Gasteiger partial charge in [-0.1, -0.05) is 17.7 Å². The van der Waals surface area contributed by atoms with Gasteiger partial charge in [0.15, 0.2) is 17.2 Å². The SMILES string of the molecule is COC(=O)N[C@H]1CCc2c(Cl)c(OC)c(OC)c(OC)c2-c2ccc(OC)c(=O)cc21. The molecule has 3 rings (SSSR count). The molecule has 0 unspecified atom stereocenters. The largest absolute Gasteiger partial charge is 0.493 e. The highest BCUT2D eigenvalue weighted by atomic mass is 35.5. The van der Waals surface area contributed by atoms with Gasteiger partial charge in [-0.2, -0.15) is 0 Å². The number of hydrogen-bond acceptors (Lipinski definition) is 7. The lowest BCUT2D eigenvalue weighted by molar-refractivity contribution is 0.166. The monoisotopic (exact) mass is 449 g/mol. The molecule has 9 heteroatoms. The van der Waals surface area contributed by atoms with Crippen LogP contribution in [-0.4, -0.2) is 41.6 Å². The van der Waals surface area contributed by atoms with Crippen LogP contribution in [0.3, 0.4) is 0 Å². The van der Waals surface area contributed by atoms with Crippen LogP contribution in [0.1, 0.15) is 23.6 Å². The van der Waals surface area contributed by atoms with Gasteiger partial charge in [0.05, 0.1) is 46.6 Å². The van der Waals surface area contributed by atoms with Gasteiger partial charge in [-0.15, -0.1) is 0 Å². The minimum Gasteiger partial charge on any atom is -0.493 e. The first-order chi connectivity index (χ1) is 14.9. The molecule has 1 aliphatic rings. The average Bonchev–Trinajstić information content (AvgIpc) is 3.02. The lowest BCUT2D eigenvalue weighted by atomic mass is 9.95. The molecule has 0 radical (unpaired) electrons. The lowest BCUT2D eigenvalue weighted by Crippen LogP contribution is -2.28. The molecule has 31 heavy (non-hydrogen) atoms. The second kappa shape index (κ2) is 9.34. The summed E-state index contributed by atoms with van der Waals surface area (Å²) < 4.78 is 26.8. The molecule has 166 valence electrons. The second-order valence-corrected chi connectivity index (χ2v) is 7.15. The van der Waals surface area contributed by atoms with E-state index in [1.807, 2.05) is 0 Å². The quantitative estimate of drug-likeness (QED) is 0.743. The van der Waals surface area contributed by atoms with Crippen LogP contribution in [0.15, 0.2) is 23.0 Å². The van der Waals surface area contributed by atoms with Crippen molar-refractivity contribution in [2.75, 3.05) is 35.5 Å². The second-order valence-electron chi connectivity index (χ2n) is 6.77. The zero-order valence-corrected chi connectivity index (χ0v) is 18.7. The highest BCUT2D eigenvalue weighted by Crippen LogP contribution is 2.54. The first-order valence-electron chi connectivity index (χ1n) is 9.49. The van der Waals surface area contributed by atoms with Crippen molar-refractivity contribution in [1.29, 1.82) is 0 Å². The van der Waals surface area contributed by atoms with Crippen molar-refractivity contribution in [3.63, 3.8) is 0 Å². The fourth-order valence-electron chi connectivity index (χ4n) is 3.89. The molecular weight excluding hydrogens is 426 g/mol. The van der Waals surface area contributed by atoms with Crippen LogP contribution in [0.5, 0.6) is 23.0 Å². The van der Waals surface area contributed by atoms with E-state index in [9.17, 15) is 9.59 Å². The van der Waals surface area contributed by atoms with Crippen molar-refractivity contribution in [1.82, 2.24) is 5.32 Å². The number of halogens is 1. The molecule has 1 N–H and O–H groups in total. The van der Waals surface area contributed by atoms with E-state index in [2.05, 4.69) is 5.32 Å². The normalized spacial score (nSPS) is 14.5. The third kappa shape index (κ3) is 3.95. The van der Waals surface area contributed by atoms with Gasteiger partial charge < -0.3 is 29.0 Å². The van der Waals surface area contributed by atoms with Gasteiger partial charge in [0, 0.05) is 5.56 Å². The summed E-state index contributed by atoms with van der Waals surface area (Å²) in [6.45, 7) is 0. The van der Waals surface area contributed by atoms with Gasteiger partial charge >= 0.3 is 6.09 Å². The molecule has 0 fully saturated rings. The molecule has 2 aromatic rings. The summed E-state index contributed by atoms with van der Waals surface area (Å²) in [5, 5.41) is 3.18. The molecule has 1 atom stereocenters. The highest BCUT2D eigenvalue weighted by molar-refractivity contribution is 6.34. The summed E-state index contributed by atoms with van der Waals surface area (Å²) in [5.41, 5.74) is 2.32. The Bertz CT molecular complexity index is 1070. The zero-order chi connectivity index (χ0) is 22.7. The van der Waals surface area contributed by atoms with Crippen LogP contribution in [0, 0.1) is 0 Å². The molecule has 8 nitrogen and oxygen atoms in total.